The molecule has 1 amide bonds. The molecule has 0 radical (unpaired) electrons. The minimum absolute atomic E-state index is 0.0276. The van der Waals surface area contributed by atoms with E-state index >= 15 is 0 Å². The van der Waals surface area contributed by atoms with Crippen molar-refractivity contribution in [3.05, 3.63) is 46.3 Å². The minimum atomic E-state index is -0.611. The van der Waals surface area contributed by atoms with Gasteiger partial charge in [0.25, 0.3) is 5.69 Å². The summed E-state index contributed by atoms with van der Waals surface area (Å²) in [5.41, 5.74) is 1.62. The fourth-order valence-electron chi connectivity index (χ4n) is 2.33. The van der Waals surface area contributed by atoms with E-state index in [0.29, 0.717) is 5.56 Å². The van der Waals surface area contributed by atoms with Crippen molar-refractivity contribution in [1.82, 2.24) is 14.7 Å². The van der Waals surface area contributed by atoms with Gasteiger partial charge < -0.3 is 9.64 Å². The maximum Gasteiger partial charge on any atom is 0.410 e. The molecule has 25 heavy (non-hydrogen) atoms. The van der Waals surface area contributed by atoms with Crippen molar-refractivity contribution in [1.29, 1.82) is 0 Å². The van der Waals surface area contributed by atoms with E-state index in [-0.39, 0.29) is 12.2 Å². The van der Waals surface area contributed by atoms with Gasteiger partial charge in [0.2, 0.25) is 0 Å². The van der Waals surface area contributed by atoms with Gasteiger partial charge in [-0.25, -0.2) is 4.79 Å². The molecule has 134 valence electrons. The predicted octanol–water partition coefficient (Wildman–Crippen LogP) is 3.36. The third kappa shape index (κ3) is 4.79. The fourth-order valence-corrected chi connectivity index (χ4v) is 2.33. The Morgan fingerprint density at radius 2 is 2.08 bits per heavy atom. The van der Waals surface area contributed by atoms with Gasteiger partial charge in [-0.15, -0.1) is 0 Å². The van der Waals surface area contributed by atoms with E-state index in [9.17, 15) is 14.9 Å². The quantitative estimate of drug-likeness (QED) is 0.625. The van der Waals surface area contributed by atoms with Gasteiger partial charge in [0.15, 0.2) is 0 Å². The molecule has 8 heteroatoms. The highest BCUT2D eigenvalue weighted by Crippen LogP contribution is 2.28. The van der Waals surface area contributed by atoms with Crippen LogP contribution in [0.4, 0.5) is 10.5 Å². The number of carbonyl (C=O) groups is 1. The first-order chi connectivity index (χ1) is 11.6. The summed E-state index contributed by atoms with van der Waals surface area (Å²) in [5, 5.41) is 15.2. The van der Waals surface area contributed by atoms with Crippen molar-refractivity contribution in [2.24, 2.45) is 7.05 Å². The Hall–Kier alpha value is -2.90. The van der Waals surface area contributed by atoms with Gasteiger partial charge in [-0.2, -0.15) is 5.10 Å². The first-order valence-electron chi connectivity index (χ1n) is 7.77. The smallest absolute Gasteiger partial charge is 0.410 e. The fraction of sp³-hybridized carbons (Fsp3) is 0.412. The van der Waals surface area contributed by atoms with Crippen LogP contribution in [0.5, 0.6) is 0 Å². The number of benzene rings is 1. The zero-order valence-corrected chi connectivity index (χ0v) is 15.0. The highest BCUT2D eigenvalue weighted by atomic mass is 16.6. The third-order valence-corrected chi connectivity index (χ3v) is 3.43. The first kappa shape index (κ1) is 18.4. The van der Waals surface area contributed by atoms with Gasteiger partial charge in [0.1, 0.15) is 5.60 Å². The summed E-state index contributed by atoms with van der Waals surface area (Å²) in [7, 11) is 3.39. The molecule has 1 aromatic carbocycles. The summed E-state index contributed by atoms with van der Waals surface area (Å²) in [6.45, 7) is 5.54. The number of nitro groups is 1. The van der Waals surface area contributed by atoms with E-state index in [1.54, 1.807) is 51.8 Å². The number of hydrogen-bond donors (Lipinski definition) is 0. The Morgan fingerprint density at radius 3 is 2.60 bits per heavy atom. The van der Waals surface area contributed by atoms with Crippen molar-refractivity contribution in [2.75, 3.05) is 7.05 Å². The summed E-state index contributed by atoms with van der Waals surface area (Å²) in [4.78, 5) is 24.2. The van der Waals surface area contributed by atoms with Crippen molar-refractivity contribution in [3.8, 4) is 11.1 Å². The standard InChI is InChI=1S/C17H22N4O4/c1-17(2,3)25-16(22)19(4)10-12-8-14(21(23)24)6-7-15(12)13-9-18-20(5)11-13/h6-9,11H,10H2,1-5H3. The van der Waals surface area contributed by atoms with E-state index in [1.807, 2.05) is 6.20 Å². The maximum absolute atomic E-state index is 12.2. The van der Waals surface area contributed by atoms with E-state index in [0.717, 1.165) is 11.1 Å². The highest BCUT2D eigenvalue weighted by Gasteiger charge is 2.21. The molecule has 0 fully saturated rings. The summed E-state index contributed by atoms with van der Waals surface area (Å²) < 4.78 is 6.99. The van der Waals surface area contributed by atoms with E-state index in [1.165, 1.54) is 17.0 Å². The van der Waals surface area contributed by atoms with Crippen LogP contribution in [0, 0.1) is 10.1 Å². The SMILES string of the molecule is CN(Cc1cc([N+](=O)[O-])ccc1-c1cnn(C)c1)C(=O)OC(C)(C)C. The number of rotatable bonds is 4. The van der Waals surface area contributed by atoms with Gasteiger partial charge in [-0.1, -0.05) is 0 Å². The second kappa shape index (κ2) is 6.92. The van der Waals surface area contributed by atoms with Crippen LogP contribution in [-0.2, 0) is 18.3 Å². The number of aromatic nitrogens is 2. The molecule has 1 heterocycles. The summed E-state index contributed by atoms with van der Waals surface area (Å²) >= 11 is 0. The van der Waals surface area contributed by atoms with Gasteiger partial charge in [0.05, 0.1) is 11.1 Å². The average molecular weight is 346 g/mol. The zero-order valence-electron chi connectivity index (χ0n) is 15.0. The Bertz CT molecular complexity index is 792. The molecule has 2 rings (SSSR count). The Kier molecular flexibility index (Phi) is 5.10. The summed E-state index contributed by atoms with van der Waals surface area (Å²) in [6.07, 6.45) is 3.01. The van der Waals surface area contributed by atoms with Crippen molar-refractivity contribution in [3.63, 3.8) is 0 Å². The Balaban J connectivity index is 2.35. The molecule has 0 saturated heterocycles. The number of ether oxygens (including phenoxy) is 1. The molecule has 1 aromatic heterocycles. The van der Waals surface area contributed by atoms with Crippen LogP contribution in [0.2, 0.25) is 0 Å². The topological polar surface area (TPSA) is 90.5 Å². The molecular formula is C17H22N4O4. The maximum atomic E-state index is 12.2. The first-order valence-corrected chi connectivity index (χ1v) is 7.77. The van der Waals surface area contributed by atoms with Crippen molar-refractivity contribution in [2.45, 2.75) is 32.9 Å². The van der Waals surface area contributed by atoms with Crippen LogP contribution in [0.1, 0.15) is 26.3 Å². The Labute approximate surface area is 146 Å². The normalized spacial score (nSPS) is 11.2. The molecule has 8 nitrogen and oxygen atoms in total. The van der Waals surface area contributed by atoms with Gasteiger partial charge in [-0.05, 0) is 38.0 Å². The van der Waals surface area contributed by atoms with Crippen LogP contribution in [0.25, 0.3) is 11.1 Å². The average Bonchev–Trinajstić information content (AvgIpc) is 2.91. The molecule has 2 aromatic rings. The predicted molar refractivity (Wildman–Crippen MR) is 93.0 cm³/mol. The second-order valence-corrected chi connectivity index (χ2v) is 6.84. The lowest BCUT2D eigenvalue weighted by atomic mass is 10.0. The summed E-state index contributed by atoms with van der Waals surface area (Å²) in [5.74, 6) is 0. The van der Waals surface area contributed by atoms with Crippen LogP contribution in [0.15, 0.2) is 30.6 Å². The zero-order chi connectivity index (χ0) is 18.8. The number of nitrogens with zero attached hydrogens (tertiary/aromatic N) is 4. The van der Waals surface area contributed by atoms with Gasteiger partial charge in [-0.3, -0.25) is 14.8 Å². The van der Waals surface area contributed by atoms with Crippen molar-refractivity contribution >= 4 is 11.8 Å². The van der Waals surface area contributed by atoms with Gasteiger partial charge >= 0.3 is 6.09 Å². The molecule has 0 unspecified atom stereocenters. The van der Waals surface area contributed by atoms with E-state index < -0.39 is 16.6 Å². The van der Waals surface area contributed by atoms with Gasteiger partial charge in [0, 0.05) is 44.5 Å². The number of aryl methyl sites for hydroxylation is 1. The highest BCUT2D eigenvalue weighted by molar-refractivity contribution is 5.71. The van der Waals surface area contributed by atoms with Crippen LogP contribution in [-0.4, -0.2) is 38.3 Å². The lowest BCUT2D eigenvalue weighted by molar-refractivity contribution is -0.384. The molecule has 0 bridgehead atoms. The van der Waals surface area contributed by atoms with Crippen molar-refractivity contribution < 1.29 is 14.5 Å². The lowest BCUT2D eigenvalue weighted by Gasteiger charge is -2.25. The molecule has 0 atom stereocenters. The lowest BCUT2D eigenvalue weighted by Crippen LogP contribution is -2.33. The summed E-state index contributed by atoms with van der Waals surface area (Å²) in [6, 6.07) is 4.59. The molecule has 0 saturated carbocycles. The number of non-ortho nitro benzene ring substituents is 1. The number of hydrogen-bond acceptors (Lipinski definition) is 5. The molecule has 0 aliphatic rings. The third-order valence-electron chi connectivity index (χ3n) is 3.43. The van der Waals surface area contributed by atoms with E-state index in [2.05, 4.69) is 5.10 Å². The number of amides is 1. The van der Waals surface area contributed by atoms with E-state index in [4.69, 9.17) is 4.74 Å². The molecule has 0 N–H and O–H groups in total. The van der Waals surface area contributed by atoms with Crippen LogP contribution in [0.3, 0.4) is 0 Å². The molecule has 0 spiro atoms. The van der Waals surface area contributed by atoms with Crippen LogP contribution < -0.4 is 0 Å². The minimum Gasteiger partial charge on any atom is -0.444 e. The van der Waals surface area contributed by atoms with Crippen LogP contribution >= 0.6 is 0 Å². The number of carbonyl (C=O) groups excluding carboxylic acids is 1. The number of nitro benzene ring substituents is 1. The molecular weight excluding hydrogens is 324 g/mol. The molecule has 0 aliphatic heterocycles. The second-order valence-electron chi connectivity index (χ2n) is 6.84. The Morgan fingerprint density at radius 1 is 1.40 bits per heavy atom. The largest absolute Gasteiger partial charge is 0.444 e. The monoisotopic (exact) mass is 346 g/mol. The molecule has 0 aliphatic carbocycles.